The Balaban J connectivity index is 2.16. The van der Waals surface area contributed by atoms with Crippen LogP contribution in [0, 0.1) is 17.2 Å². The lowest BCUT2D eigenvalue weighted by atomic mass is 9.98. The third-order valence-electron chi connectivity index (χ3n) is 3.30. The fourth-order valence-electron chi connectivity index (χ4n) is 2.12. The van der Waals surface area contributed by atoms with Crippen LogP contribution in [0.4, 0.5) is 11.4 Å². The average Bonchev–Trinajstić information content (AvgIpc) is 2.30. The highest BCUT2D eigenvalue weighted by Crippen LogP contribution is 2.25. The molecule has 1 aromatic carbocycles. The van der Waals surface area contributed by atoms with Crippen LogP contribution in [-0.2, 0) is 0 Å². The molecule has 2 rings (SSSR count). The van der Waals surface area contributed by atoms with Crippen LogP contribution >= 0.6 is 0 Å². The maximum atomic E-state index is 8.81. The second kappa shape index (κ2) is 4.44. The highest BCUT2D eigenvalue weighted by atomic mass is 15.1. The summed E-state index contributed by atoms with van der Waals surface area (Å²) >= 11 is 0. The standard InChI is InChI=1S/C13H17N3/c1-10-4-6-16(7-5-10)12-3-2-11(9-14)13(15)8-12/h2-3,8,10H,4-7,15H2,1H3. The average molecular weight is 215 g/mol. The van der Waals surface area contributed by atoms with E-state index in [0.29, 0.717) is 11.3 Å². The van der Waals surface area contributed by atoms with Gasteiger partial charge in [-0.1, -0.05) is 6.92 Å². The van der Waals surface area contributed by atoms with Gasteiger partial charge in [0.05, 0.1) is 11.3 Å². The van der Waals surface area contributed by atoms with Gasteiger partial charge in [0.2, 0.25) is 0 Å². The van der Waals surface area contributed by atoms with E-state index in [1.54, 1.807) is 0 Å². The Bertz CT molecular complexity index is 412. The topological polar surface area (TPSA) is 53.0 Å². The number of nitrogen functional groups attached to an aromatic ring is 1. The van der Waals surface area contributed by atoms with Gasteiger partial charge in [0.1, 0.15) is 6.07 Å². The van der Waals surface area contributed by atoms with Crippen molar-refractivity contribution in [1.82, 2.24) is 0 Å². The Morgan fingerprint density at radius 2 is 2.06 bits per heavy atom. The molecule has 0 aliphatic carbocycles. The van der Waals surface area contributed by atoms with Crippen LogP contribution in [0.5, 0.6) is 0 Å². The van der Waals surface area contributed by atoms with Crippen molar-refractivity contribution in [3.8, 4) is 6.07 Å². The van der Waals surface area contributed by atoms with Crippen molar-refractivity contribution in [2.75, 3.05) is 23.7 Å². The summed E-state index contributed by atoms with van der Waals surface area (Å²) in [4.78, 5) is 2.34. The van der Waals surface area contributed by atoms with E-state index in [0.717, 1.165) is 24.7 Å². The smallest absolute Gasteiger partial charge is 0.101 e. The van der Waals surface area contributed by atoms with Crippen molar-refractivity contribution < 1.29 is 0 Å². The van der Waals surface area contributed by atoms with Crippen LogP contribution < -0.4 is 10.6 Å². The molecule has 2 N–H and O–H groups in total. The lowest BCUT2D eigenvalue weighted by Crippen LogP contribution is -2.32. The molecule has 0 amide bonds. The number of nitrogens with two attached hydrogens (primary N) is 1. The summed E-state index contributed by atoms with van der Waals surface area (Å²) in [5.74, 6) is 0.826. The Labute approximate surface area is 96.5 Å². The minimum atomic E-state index is 0.564. The van der Waals surface area contributed by atoms with Crippen molar-refractivity contribution in [3.63, 3.8) is 0 Å². The Morgan fingerprint density at radius 3 is 2.62 bits per heavy atom. The number of hydrogen-bond acceptors (Lipinski definition) is 3. The van der Waals surface area contributed by atoms with E-state index in [2.05, 4.69) is 17.9 Å². The molecule has 0 aromatic heterocycles. The van der Waals surface area contributed by atoms with Crippen LogP contribution in [-0.4, -0.2) is 13.1 Å². The number of nitrogens with zero attached hydrogens (tertiary/aromatic N) is 2. The van der Waals surface area contributed by atoms with Crippen LogP contribution in [0.3, 0.4) is 0 Å². The van der Waals surface area contributed by atoms with E-state index in [4.69, 9.17) is 11.0 Å². The third kappa shape index (κ3) is 2.11. The molecular weight excluding hydrogens is 198 g/mol. The van der Waals surface area contributed by atoms with E-state index in [1.165, 1.54) is 12.8 Å². The summed E-state index contributed by atoms with van der Waals surface area (Å²) in [6.07, 6.45) is 2.47. The van der Waals surface area contributed by atoms with E-state index in [1.807, 2.05) is 18.2 Å². The van der Waals surface area contributed by atoms with Gasteiger partial charge in [0, 0.05) is 18.8 Å². The lowest BCUT2D eigenvalue weighted by Gasteiger charge is -2.32. The van der Waals surface area contributed by atoms with Crippen LogP contribution in [0.15, 0.2) is 18.2 Å². The van der Waals surface area contributed by atoms with Crippen molar-refractivity contribution >= 4 is 11.4 Å². The first kappa shape index (κ1) is 10.8. The van der Waals surface area contributed by atoms with Crippen molar-refractivity contribution in [2.45, 2.75) is 19.8 Å². The molecule has 0 spiro atoms. The van der Waals surface area contributed by atoms with Gasteiger partial charge in [-0.2, -0.15) is 5.26 Å². The van der Waals surface area contributed by atoms with E-state index in [9.17, 15) is 0 Å². The minimum absolute atomic E-state index is 0.564. The predicted octanol–water partition coefficient (Wildman–Crippen LogP) is 2.38. The van der Waals surface area contributed by atoms with Gasteiger partial charge >= 0.3 is 0 Å². The van der Waals surface area contributed by atoms with Gasteiger partial charge in [-0.05, 0) is 37.0 Å². The molecule has 1 aliphatic heterocycles. The number of rotatable bonds is 1. The molecule has 1 aliphatic rings. The zero-order valence-corrected chi connectivity index (χ0v) is 9.61. The fraction of sp³-hybridized carbons (Fsp3) is 0.462. The highest BCUT2D eigenvalue weighted by molar-refractivity contribution is 5.63. The summed E-state index contributed by atoms with van der Waals surface area (Å²) in [7, 11) is 0. The summed E-state index contributed by atoms with van der Waals surface area (Å²) < 4.78 is 0. The summed E-state index contributed by atoms with van der Waals surface area (Å²) in [6, 6.07) is 7.80. The SMILES string of the molecule is CC1CCN(c2ccc(C#N)c(N)c2)CC1. The zero-order valence-electron chi connectivity index (χ0n) is 9.61. The first-order chi connectivity index (χ1) is 7.70. The number of anilines is 2. The van der Waals surface area contributed by atoms with Crippen molar-refractivity contribution in [3.05, 3.63) is 23.8 Å². The molecule has 0 atom stereocenters. The first-order valence-corrected chi connectivity index (χ1v) is 5.75. The van der Waals surface area contributed by atoms with Gasteiger partial charge < -0.3 is 10.6 Å². The molecule has 1 heterocycles. The monoisotopic (exact) mass is 215 g/mol. The lowest BCUT2D eigenvalue weighted by molar-refractivity contribution is 0.438. The van der Waals surface area contributed by atoms with Crippen molar-refractivity contribution in [2.24, 2.45) is 5.92 Å². The molecule has 16 heavy (non-hydrogen) atoms. The Hall–Kier alpha value is -1.69. The molecule has 1 aromatic rings. The van der Waals surface area contributed by atoms with Crippen LogP contribution in [0.2, 0.25) is 0 Å². The Morgan fingerprint density at radius 1 is 1.38 bits per heavy atom. The summed E-state index contributed by atoms with van der Waals surface area (Å²) in [6.45, 7) is 4.48. The Kier molecular flexibility index (Phi) is 3.00. The quantitative estimate of drug-likeness (QED) is 0.732. The van der Waals surface area contributed by atoms with E-state index >= 15 is 0 Å². The van der Waals surface area contributed by atoms with Crippen LogP contribution in [0.25, 0.3) is 0 Å². The molecule has 0 bridgehead atoms. The van der Waals surface area contributed by atoms with Gasteiger partial charge in [-0.25, -0.2) is 0 Å². The largest absolute Gasteiger partial charge is 0.398 e. The normalized spacial score (nSPS) is 17.1. The number of hydrogen-bond donors (Lipinski definition) is 1. The number of benzene rings is 1. The number of nitriles is 1. The van der Waals surface area contributed by atoms with E-state index < -0.39 is 0 Å². The first-order valence-electron chi connectivity index (χ1n) is 5.75. The van der Waals surface area contributed by atoms with Crippen LogP contribution in [0.1, 0.15) is 25.3 Å². The van der Waals surface area contributed by atoms with Gasteiger partial charge in [0.25, 0.3) is 0 Å². The zero-order chi connectivity index (χ0) is 11.5. The molecular formula is C13H17N3. The van der Waals surface area contributed by atoms with Gasteiger partial charge in [0.15, 0.2) is 0 Å². The van der Waals surface area contributed by atoms with E-state index in [-0.39, 0.29) is 0 Å². The third-order valence-corrected chi connectivity index (χ3v) is 3.30. The molecule has 0 radical (unpaired) electrons. The molecule has 0 saturated carbocycles. The number of piperidine rings is 1. The molecule has 1 fully saturated rings. The molecule has 1 saturated heterocycles. The summed E-state index contributed by atoms with van der Waals surface area (Å²) in [5.41, 5.74) is 8.10. The predicted molar refractivity (Wildman–Crippen MR) is 66.2 cm³/mol. The maximum absolute atomic E-state index is 8.81. The van der Waals surface area contributed by atoms with Gasteiger partial charge in [-0.3, -0.25) is 0 Å². The second-order valence-corrected chi connectivity index (χ2v) is 4.55. The molecule has 0 unspecified atom stereocenters. The second-order valence-electron chi connectivity index (χ2n) is 4.55. The summed E-state index contributed by atoms with van der Waals surface area (Å²) in [5, 5.41) is 8.81. The fourth-order valence-corrected chi connectivity index (χ4v) is 2.12. The van der Waals surface area contributed by atoms with Gasteiger partial charge in [-0.15, -0.1) is 0 Å². The van der Waals surface area contributed by atoms with Crippen molar-refractivity contribution in [1.29, 1.82) is 5.26 Å². The molecule has 84 valence electrons. The minimum Gasteiger partial charge on any atom is -0.398 e. The molecule has 3 nitrogen and oxygen atoms in total. The highest BCUT2D eigenvalue weighted by Gasteiger charge is 2.16. The maximum Gasteiger partial charge on any atom is 0.101 e. The molecule has 3 heteroatoms.